The van der Waals surface area contributed by atoms with Crippen molar-refractivity contribution >= 4 is 15.9 Å². The third-order valence-corrected chi connectivity index (χ3v) is 4.53. The normalized spacial score (nSPS) is 11.8. The summed E-state index contributed by atoms with van der Waals surface area (Å²) in [6.07, 6.45) is 6.26. The Morgan fingerprint density at radius 1 is 1.33 bits per heavy atom. The minimum Gasteiger partial charge on any atom is -0.268 e. The largest absolute Gasteiger partial charge is 0.268 e. The van der Waals surface area contributed by atoms with Gasteiger partial charge >= 0.3 is 0 Å². The molecule has 4 heteroatoms. The SMILES string of the molecule is CCCC(CBr)(CCC)Cn1ncc(C)cc1=O. The Morgan fingerprint density at radius 3 is 2.39 bits per heavy atom. The van der Waals surface area contributed by atoms with Crippen LogP contribution in [0.1, 0.15) is 45.1 Å². The zero-order valence-electron chi connectivity index (χ0n) is 11.6. The molecule has 0 spiro atoms. The maximum absolute atomic E-state index is 11.9. The number of aromatic nitrogens is 2. The van der Waals surface area contributed by atoms with Crippen molar-refractivity contribution in [3.05, 3.63) is 28.2 Å². The standard InChI is InChI=1S/C14H23BrN2O/c1-4-6-14(10-15,7-5-2)11-17-13(18)8-12(3)9-16-17/h8-9H,4-7,10-11H2,1-3H3. The number of halogens is 1. The average Bonchev–Trinajstić information content (AvgIpc) is 2.33. The van der Waals surface area contributed by atoms with E-state index in [0.29, 0.717) is 6.54 Å². The first-order valence-electron chi connectivity index (χ1n) is 6.66. The summed E-state index contributed by atoms with van der Waals surface area (Å²) >= 11 is 3.63. The van der Waals surface area contributed by atoms with Gasteiger partial charge in [0.1, 0.15) is 0 Å². The fourth-order valence-electron chi connectivity index (χ4n) is 2.48. The van der Waals surface area contributed by atoms with E-state index in [1.54, 1.807) is 16.9 Å². The van der Waals surface area contributed by atoms with Crippen LogP contribution in [0.3, 0.4) is 0 Å². The number of rotatable bonds is 7. The first-order chi connectivity index (χ1) is 8.56. The molecule has 1 aromatic rings. The predicted octanol–water partition coefficient (Wildman–Crippen LogP) is 3.53. The zero-order chi connectivity index (χ0) is 13.6. The topological polar surface area (TPSA) is 34.9 Å². The lowest BCUT2D eigenvalue weighted by molar-refractivity contribution is 0.218. The van der Waals surface area contributed by atoms with Crippen LogP contribution in [0.4, 0.5) is 0 Å². The van der Waals surface area contributed by atoms with Gasteiger partial charge in [-0.2, -0.15) is 5.10 Å². The van der Waals surface area contributed by atoms with Gasteiger partial charge in [0.05, 0.1) is 12.7 Å². The van der Waals surface area contributed by atoms with E-state index < -0.39 is 0 Å². The van der Waals surface area contributed by atoms with Gasteiger partial charge in [0.2, 0.25) is 0 Å². The molecule has 3 nitrogen and oxygen atoms in total. The van der Waals surface area contributed by atoms with Crippen molar-refractivity contribution in [2.75, 3.05) is 5.33 Å². The minimum absolute atomic E-state index is 0.00697. The van der Waals surface area contributed by atoms with Gasteiger partial charge in [0.25, 0.3) is 5.56 Å². The number of nitrogens with zero attached hydrogens (tertiary/aromatic N) is 2. The Balaban J connectivity index is 2.98. The third-order valence-electron chi connectivity index (χ3n) is 3.34. The molecule has 0 aromatic carbocycles. The molecule has 0 radical (unpaired) electrons. The molecular weight excluding hydrogens is 292 g/mol. The lowest BCUT2D eigenvalue weighted by atomic mass is 9.81. The van der Waals surface area contributed by atoms with Crippen molar-refractivity contribution in [3.8, 4) is 0 Å². The Labute approximate surface area is 118 Å². The van der Waals surface area contributed by atoms with Gasteiger partial charge in [-0.1, -0.05) is 42.6 Å². The third kappa shape index (κ3) is 3.94. The first-order valence-corrected chi connectivity index (χ1v) is 7.79. The van der Waals surface area contributed by atoms with Crippen LogP contribution in [0.25, 0.3) is 0 Å². The molecule has 0 fully saturated rings. The van der Waals surface area contributed by atoms with E-state index in [9.17, 15) is 4.79 Å². The van der Waals surface area contributed by atoms with Crippen molar-refractivity contribution in [3.63, 3.8) is 0 Å². The lowest BCUT2D eigenvalue weighted by Gasteiger charge is -2.31. The molecule has 1 heterocycles. The van der Waals surface area contributed by atoms with E-state index in [-0.39, 0.29) is 11.0 Å². The van der Waals surface area contributed by atoms with Gasteiger partial charge in [-0.05, 0) is 30.7 Å². The second-order valence-electron chi connectivity index (χ2n) is 5.16. The van der Waals surface area contributed by atoms with Crippen LogP contribution in [0, 0.1) is 12.3 Å². The van der Waals surface area contributed by atoms with Gasteiger partial charge in [0, 0.05) is 11.4 Å². The fraction of sp³-hybridized carbons (Fsp3) is 0.714. The van der Waals surface area contributed by atoms with E-state index >= 15 is 0 Å². The molecule has 0 bridgehead atoms. The molecule has 0 saturated heterocycles. The van der Waals surface area contributed by atoms with Crippen LogP contribution in [0.5, 0.6) is 0 Å². The summed E-state index contributed by atoms with van der Waals surface area (Å²) in [6.45, 7) is 6.99. The summed E-state index contributed by atoms with van der Waals surface area (Å²) in [4.78, 5) is 11.9. The molecule has 0 aliphatic heterocycles. The highest BCUT2D eigenvalue weighted by Crippen LogP contribution is 2.33. The molecular formula is C14H23BrN2O. The minimum atomic E-state index is 0.00697. The van der Waals surface area contributed by atoms with Crippen molar-refractivity contribution in [2.45, 2.75) is 53.0 Å². The van der Waals surface area contributed by atoms with Gasteiger partial charge in [0.15, 0.2) is 0 Å². The van der Waals surface area contributed by atoms with Gasteiger partial charge in [-0.25, -0.2) is 4.68 Å². The van der Waals surface area contributed by atoms with Crippen LogP contribution in [-0.2, 0) is 6.54 Å². The number of alkyl halides is 1. The molecule has 0 aliphatic rings. The highest BCUT2D eigenvalue weighted by atomic mass is 79.9. The van der Waals surface area contributed by atoms with Gasteiger partial charge in [-0.15, -0.1) is 0 Å². The van der Waals surface area contributed by atoms with Crippen molar-refractivity contribution < 1.29 is 0 Å². The number of hydrogen-bond donors (Lipinski definition) is 0. The molecule has 102 valence electrons. The highest BCUT2D eigenvalue weighted by Gasteiger charge is 2.28. The van der Waals surface area contributed by atoms with Crippen molar-refractivity contribution in [1.29, 1.82) is 0 Å². The number of hydrogen-bond acceptors (Lipinski definition) is 2. The van der Waals surface area contributed by atoms with Crippen LogP contribution in [-0.4, -0.2) is 15.1 Å². The molecule has 0 N–H and O–H groups in total. The van der Waals surface area contributed by atoms with E-state index in [1.165, 1.54) is 0 Å². The monoisotopic (exact) mass is 314 g/mol. The molecule has 0 aliphatic carbocycles. The van der Waals surface area contributed by atoms with E-state index in [2.05, 4.69) is 34.9 Å². The summed E-state index contributed by atoms with van der Waals surface area (Å²) in [5.74, 6) is 0. The summed E-state index contributed by atoms with van der Waals surface area (Å²) in [5.41, 5.74) is 1.08. The molecule has 0 amide bonds. The predicted molar refractivity (Wildman–Crippen MR) is 79.3 cm³/mol. The Hall–Kier alpha value is -0.640. The highest BCUT2D eigenvalue weighted by molar-refractivity contribution is 9.09. The molecule has 0 unspecified atom stereocenters. The Kier molecular flexibility index (Phi) is 6.06. The van der Waals surface area contributed by atoms with Crippen LogP contribution < -0.4 is 5.56 Å². The Bertz CT molecular complexity index is 422. The summed E-state index contributed by atoms with van der Waals surface area (Å²) < 4.78 is 1.61. The number of aryl methyl sites for hydroxylation is 1. The van der Waals surface area contributed by atoms with Crippen LogP contribution in [0.2, 0.25) is 0 Å². The summed E-state index contributed by atoms with van der Waals surface area (Å²) in [7, 11) is 0. The van der Waals surface area contributed by atoms with Crippen molar-refractivity contribution in [1.82, 2.24) is 9.78 Å². The molecule has 0 saturated carbocycles. The second kappa shape index (κ2) is 7.07. The maximum Gasteiger partial charge on any atom is 0.267 e. The molecule has 1 rings (SSSR count). The quantitative estimate of drug-likeness (QED) is 0.722. The van der Waals surface area contributed by atoms with Gasteiger partial charge < -0.3 is 0 Å². The summed E-state index contributed by atoms with van der Waals surface area (Å²) in [5, 5.41) is 5.18. The Morgan fingerprint density at radius 2 is 1.94 bits per heavy atom. The molecule has 18 heavy (non-hydrogen) atoms. The smallest absolute Gasteiger partial charge is 0.267 e. The van der Waals surface area contributed by atoms with Gasteiger partial charge in [-0.3, -0.25) is 4.79 Å². The lowest BCUT2D eigenvalue weighted by Crippen LogP contribution is -2.35. The average molecular weight is 315 g/mol. The molecule has 1 aromatic heterocycles. The maximum atomic E-state index is 11.9. The fourth-order valence-corrected chi connectivity index (χ4v) is 3.22. The first kappa shape index (κ1) is 15.4. The van der Waals surface area contributed by atoms with E-state index in [1.807, 2.05) is 6.92 Å². The second-order valence-corrected chi connectivity index (χ2v) is 5.72. The summed E-state index contributed by atoms with van der Waals surface area (Å²) in [6, 6.07) is 1.66. The van der Waals surface area contributed by atoms with Crippen LogP contribution in [0.15, 0.2) is 17.1 Å². The van der Waals surface area contributed by atoms with E-state index in [4.69, 9.17) is 0 Å². The zero-order valence-corrected chi connectivity index (χ0v) is 13.2. The van der Waals surface area contributed by atoms with E-state index in [0.717, 1.165) is 36.6 Å². The molecule has 0 atom stereocenters. The van der Waals surface area contributed by atoms with Crippen molar-refractivity contribution in [2.24, 2.45) is 5.41 Å². The van der Waals surface area contributed by atoms with Crippen LogP contribution >= 0.6 is 15.9 Å².